The highest BCUT2D eigenvalue weighted by atomic mass is 19.4. The zero-order chi connectivity index (χ0) is 25.2. The fourth-order valence-electron chi connectivity index (χ4n) is 3.49. The molecule has 4 nitrogen and oxygen atoms in total. The number of hydrogen-bond acceptors (Lipinski definition) is 2. The second kappa shape index (κ2) is 7.37. The van der Waals surface area contributed by atoms with Gasteiger partial charge in [-0.1, -0.05) is 12.1 Å². The second-order valence-corrected chi connectivity index (χ2v) is 7.23. The Kier molecular flexibility index (Phi) is 5.07. The van der Waals surface area contributed by atoms with E-state index in [9.17, 15) is 49.4 Å². The summed E-state index contributed by atoms with van der Waals surface area (Å²) in [5.74, 6) is -1.91. The zero-order valence-corrected chi connectivity index (χ0v) is 16.2. The first-order chi connectivity index (χ1) is 15.6. The number of fused-ring (bicyclic) bond motifs is 1. The van der Waals surface area contributed by atoms with Crippen LogP contribution in [0.4, 0.5) is 39.5 Å². The maximum Gasteiger partial charge on any atom is 0.416 e. The van der Waals surface area contributed by atoms with Crippen LogP contribution in [0.3, 0.4) is 0 Å². The Hall–Kier alpha value is -3.77. The van der Waals surface area contributed by atoms with Crippen molar-refractivity contribution in [2.75, 3.05) is 0 Å². The summed E-state index contributed by atoms with van der Waals surface area (Å²) in [5, 5.41) is 10.3. The van der Waals surface area contributed by atoms with Gasteiger partial charge in [0, 0.05) is 11.1 Å². The average Bonchev–Trinajstić information content (AvgIpc) is 3.24. The number of aliphatic imine (C=N–C) groups is 1. The molecule has 4 rings (SSSR count). The van der Waals surface area contributed by atoms with Crippen LogP contribution in [0.15, 0.2) is 47.5 Å². The van der Waals surface area contributed by atoms with E-state index in [1.807, 2.05) is 0 Å². The van der Waals surface area contributed by atoms with E-state index in [1.165, 1.54) is 0 Å². The molecule has 0 aliphatic carbocycles. The molecule has 1 aliphatic rings. The predicted molar refractivity (Wildman–Crippen MR) is 99.3 cm³/mol. The highest BCUT2D eigenvalue weighted by molar-refractivity contribution is 6.30. The van der Waals surface area contributed by atoms with E-state index in [4.69, 9.17) is 0 Å². The number of benzene rings is 2. The van der Waals surface area contributed by atoms with Crippen molar-refractivity contribution in [1.82, 2.24) is 4.98 Å². The van der Waals surface area contributed by atoms with Crippen molar-refractivity contribution >= 4 is 11.6 Å². The number of nitrogens with zero attached hydrogens (tertiary/aromatic N) is 1. The van der Waals surface area contributed by atoms with Gasteiger partial charge in [0.25, 0.3) is 5.91 Å². The van der Waals surface area contributed by atoms with Crippen LogP contribution in [0.5, 0.6) is 5.88 Å². The van der Waals surface area contributed by atoms with E-state index >= 15 is 0 Å². The molecule has 2 heterocycles. The van der Waals surface area contributed by atoms with E-state index < -0.39 is 63.8 Å². The van der Waals surface area contributed by atoms with Gasteiger partial charge in [-0.2, -0.15) is 39.5 Å². The van der Waals surface area contributed by atoms with Gasteiger partial charge in [0.15, 0.2) is 5.88 Å². The lowest BCUT2D eigenvalue weighted by molar-refractivity contribution is -0.143. The van der Waals surface area contributed by atoms with Gasteiger partial charge in [0.1, 0.15) is 0 Å². The molecule has 0 atom stereocenters. The molecule has 13 heteroatoms. The minimum absolute atomic E-state index is 0.0408. The lowest BCUT2D eigenvalue weighted by atomic mass is 9.97. The number of carbonyl (C=O) groups is 1. The third kappa shape index (κ3) is 4.01. The molecule has 3 aromatic rings. The van der Waals surface area contributed by atoms with Gasteiger partial charge >= 0.3 is 18.5 Å². The summed E-state index contributed by atoms with van der Waals surface area (Å²) in [7, 11) is 0. The molecule has 0 radical (unpaired) electrons. The molecule has 2 aromatic carbocycles. The molecule has 34 heavy (non-hydrogen) atoms. The number of nitrogens with one attached hydrogen (secondary N) is 1. The first-order valence-corrected chi connectivity index (χ1v) is 9.13. The first-order valence-electron chi connectivity index (χ1n) is 9.13. The van der Waals surface area contributed by atoms with Gasteiger partial charge in [-0.15, -0.1) is 0 Å². The second-order valence-electron chi connectivity index (χ2n) is 7.23. The normalized spacial score (nSPS) is 14.4. The minimum atomic E-state index is -5.15. The molecule has 0 spiro atoms. The Morgan fingerprint density at radius 2 is 1.18 bits per heavy atom. The van der Waals surface area contributed by atoms with Gasteiger partial charge in [0.05, 0.1) is 39.2 Å². The van der Waals surface area contributed by atoms with Crippen LogP contribution >= 0.6 is 0 Å². The molecule has 2 N–H and O–H groups in total. The summed E-state index contributed by atoms with van der Waals surface area (Å²) in [5.41, 5.74) is -6.76. The number of aromatic amines is 1. The number of carbonyl (C=O) groups excluding carboxylic acids is 1. The smallest absolute Gasteiger partial charge is 0.416 e. The quantitative estimate of drug-likeness (QED) is 0.405. The Morgan fingerprint density at radius 1 is 0.676 bits per heavy atom. The number of halogens is 9. The van der Waals surface area contributed by atoms with Gasteiger partial charge < -0.3 is 10.1 Å². The van der Waals surface area contributed by atoms with Crippen LogP contribution in [-0.4, -0.2) is 21.7 Å². The number of aromatic nitrogens is 1. The van der Waals surface area contributed by atoms with Crippen LogP contribution in [0, 0.1) is 0 Å². The molecule has 0 fully saturated rings. The van der Waals surface area contributed by atoms with Crippen LogP contribution in [-0.2, 0) is 18.5 Å². The van der Waals surface area contributed by atoms with E-state index in [2.05, 4.69) is 9.98 Å². The summed E-state index contributed by atoms with van der Waals surface area (Å²) < 4.78 is 118. The molecule has 1 amide bonds. The van der Waals surface area contributed by atoms with Crippen molar-refractivity contribution in [2.24, 2.45) is 4.99 Å². The van der Waals surface area contributed by atoms with Crippen molar-refractivity contribution in [3.8, 4) is 17.1 Å². The van der Waals surface area contributed by atoms with Gasteiger partial charge in [0.2, 0.25) is 0 Å². The predicted octanol–water partition coefficient (Wildman–Crippen LogP) is 6.43. The van der Waals surface area contributed by atoms with Crippen LogP contribution in [0.2, 0.25) is 0 Å². The Bertz CT molecular complexity index is 1300. The monoisotopic (exact) mass is 492 g/mol. The molecular formula is C21H9F9N2O2. The minimum Gasteiger partial charge on any atom is -0.494 e. The molecule has 0 saturated heterocycles. The zero-order valence-electron chi connectivity index (χ0n) is 16.2. The van der Waals surface area contributed by atoms with E-state index in [1.54, 1.807) is 0 Å². The SMILES string of the molecule is O=C1N=C(c2ccc(C(F)(F)F)cc2)c2c(O)[nH]c(-c3cc(C(F)(F)F)cc(C(F)(F)F)c3)c21. The van der Waals surface area contributed by atoms with Crippen molar-refractivity contribution in [3.05, 3.63) is 75.8 Å². The van der Waals surface area contributed by atoms with Crippen molar-refractivity contribution in [2.45, 2.75) is 18.5 Å². The molecule has 0 unspecified atom stereocenters. The summed E-state index contributed by atoms with van der Waals surface area (Å²) >= 11 is 0. The Labute approximate surface area is 183 Å². The van der Waals surface area contributed by atoms with E-state index in [0.717, 1.165) is 12.1 Å². The number of amides is 1. The molecule has 178 valence electrons. The fourth-order valence-corrected chi connectivity index (χ4v) is 3.49. The van der Waals surface area contributed by atoms with Crippen LogP contribution < -0.4 is 0 Å². The van der Waals surface area contributed by atoms with Crippen LogP contribution in [0.25, 0.3) is 11.3 Å². The van der Waals surface area contributed by atoms with E-state index in [0.29, 0.717) is 24.3 Å². The summed E-state index contributed by atoms with van der Waals surface area (Å²) in [4.78, 5) is 18.3. The van der Waals surface area contributed by atoms with Crippen molar-refractivity contribution < 1.29 is 49.4 Å². The number of rotatable bonds is 2. The van der Waals surface area contributed by atoms with Gasteiger partial charge in [-0.25, -0.2) is 4.99 Å². The highest BCUT2D eigenvalue weighted by Gasteiger charge is 2.39. The third-order valence-corrected chi connectivity index (χ3v) is 5.01. The van der Waals surface area contributed by atoms with Gasteiger partial charge in [-0.3, -0.25) is 4.79 Å². The van der Waals surface area contributed by atoms with Crippen molar-refractivity contribution in [3.63, 3.8) is 0 Å². The van der Waals surface area contributed by atoms with Crippen LogP contribution in [0.1, 0.15) is 38.2 Å². The maximum atomic E-state index is 13.2. The highest BCUT2D eigenvalue weighted by Crippen LogP contribution is 2.42. The largest absolute Gasteiger partial charge is 0.494 e. The number of H-pyrrole nitrogens is 1. The fraction of sp³-hybridized carbons (Fsp3) is 0.143. The number of alkyl halides is 9. The summed E-state index contributed by atoms with van der Waals surface area (Å²) in [6.07, 6.45) is -15.0. The summed E-state index contributed by atoms with van der Waals surface area (Å²) in [6, 6.07) is 3.93. The summed E-state index contributed by atoms with van der Waals surface area (Å²) in [6.45, 7) is 0. The molecular weight excluding hydrogens is 483 g/mol. The first kappa shape index (κ1) is 23.4. The Balaban J connectivity index is 1.86. The molecule has 1 aromatic heterocycles. The van der Waals surface area contributed by atoms with Crippen molar-refractivity contribution in [1.29, 1.82) is 0 Å². The Morgan fingerprint density at radius 3 is 1.65 bits per heavy atom. The molecule has 0 saturated carbocycles. The molecule has 1 aliphatic heterocycles. The lowest BCUT2D eigenvalue weighted by Crippen LogP contribution is -2.11. The standard InChI is InChI=1S/C21H9F9N2O2/c22-19(23,24)10-3-1-8(2-4-10)15-13-14(18(34)31-15)16(32-17(13)33)9-5-11(20(25,26)27)7-12(6-9)21(28,29)30/h1-7,32-33H. The maximum absolute atomic E-state index is 13.2. The number of aromatic hydroxyl groups is 1. The third-order valence-electron chi connectivity index (χ3n) is 5.01. The number of hydrogen-bond donors (Lipinski definition) is 2. The topological polar surface area (TPSA) is 65.4 Å². The molecule has 0 bridgehead atoms. The van der Waals surface area contributed by atoms with E-state index in [-0.39, 0.29) is 22.9 Å². The average molecular weight is 492 g/mol. The lowest BCUT2D eigenvalue weighted by Gasteiger charge is -2.14. The van der Waals surface area contributed by atoms with Gasteiger partial charge in [-0.05, 0) is 30.3 Å².